The molecule has 0 atom stereocenters. The molecule has 0 spiro atoms. The summed E-state index contributed by atoms with van der Waals surface area (Å²) in [6.45, 7) is 1.96. The molecular weight excluding hydrogens is 392 g/mol. The van der Waals surface area contributed by atoms with Gasteiger partial charge in [0.15, 0.2) is 0 Å². The van der Waals surface area contributed by atoms with Gasteiger partial charge in [0.05, 0.1) is 0 Å². The van der Waals surface area contributed by atoms with Gasteiger partial charge in [0, 0.05) is 42.4 Å². The molecule has 2 N–H and O–H groups in total. The average molecular weight is 415 g/mol. The van der Waals surface area contributed by atoms with Crippen molar-refractivity contribution < 1.29 is 4.79 Å². The van der Waals surface area contributed by atoms with Crippen molar-refractivity contribution in [1.29, 1.82) is 0 Å². The number of piperidine rings is 1. The monoisotopic (exact) mass is 414 g/mol. The van der Waals surface area contributed by atoms with Crippen molar-refractivity contribution in [3.05, 3.63) is 49.2 Å². The second-order valence-corrected chi connectivity index (χ2v) is 8.62. The van der Waals surface area contributed by atoms with Crippen molar-refractivity contribution in [1.82, 2.24) is 5.32 Å². The third-order valence-electron chi connectivity index (χ3n) is 6.13. The topological polar surface area (TPSA) is 81.8 Å². The van der Waals surface area contributed by atoms with Crippen LogP contribution in [0.3, 0.4) is 0 Å². The van der Waals surface area contributed by atoms with Crippen LogP contribution in [0.1, 0.15) is 31.2 Å². The second kappa shape index (κ2) is 7.06. The van der Waals surface area contributed by atoms with Crippen LogP contribution in [-0.4, -0.2) is 37.7 Å². The Morgan fingerprint density at radius 3 is 2.48 bits per heavy atom. The highest BCUT2D eigenvalue weighted by molar-refractivity contribution is 6.30. The van der Waals surface area contributed by atoms with Gasteiger partial charge in [-0.05, 0) is 55.9 Å². The Balaban J connectivity index is 1.19. The van der Waals surface area contributed by atoms with Gasteiger partial charge in [0.1, 0.15) is 11.4 Å². The zero-order valence-corrected chi connectivity index (χ0v) is 16.8. The number of carbonyl (C=O) groups is 1. The summed E-state index contributed by atoms with van der Waals surface area (Å²) < 4.78 is 0. The lowest BCUT2D eigenvalue weighted by molar-refractivity contribution is 0.240. The van der Waals surface area contributed by atoms with E-state index in [9.17, 15) is 14.4 Å². The Hall–Kier alpha value is -2.54. The highest BCUT2D eigenvalue weighted by Crippen LogP contribution is 2.32. The van der Waals surface area contributed by atoms with Gasteiger partial charge >= 0.3 is 6.03 Å². The van der Waals surface area contributed by atoms with Crippen molar-refractivity contribution in [2.75, 3.05) is 34.8 Å². The molecule has 3 aliphatic rings. The summed E-state index contributed by atoms with van der Waals surface area (Å²) in [6.07, 6.45) is 4.41. The van der Waals surface area contributed by atoms with Crippen LogP contribution in [0.5, 0.6) is 0 Å². The van der Waals surface area contributed by atoms with E-state index in [0.29, 0.717) is 42.1 Å². The molecule has 2 heterocycles. The van der Waals surface area contributed by atoms with E-state index in [2.05, 4.69) is 10.6 Å². The van der Waals surface area contributed by atoms with Crippen LogP contribution < -0.4 is 31.3 Å². The van der Waals surface area contributed by atoms with Gasteiger partial charge in [-0.2, -0.15) is 0 Å². The summed E-state index contributed by atoms with van der Waals surface area (Å²) in [4.78, 5) is 40.5. The quantitative estimate of drug-likeness (QED) is 0.750. The normalized spacial score (nSPS) is 19.5. The number of urea groups is 1. The fourth-order valence-electron chi connectivity index (χ4n) is 4.33. The number of nitrogens with one attached hydrogen (secondary N) is 2. The van der Waals surface area contributed by atoms with Crippen molar-refractivity contribution in [3.8, 4) is 0 Å². The van der Waals surface area contributed by atoms with Crippen molar-refractivity contribution >= 4 is 34.7 Å². The van der Waals surface area contributed by atoms with Crippen LogP contribution in [0.25, 0.3) is 0 Å². The van der Waals surface area contributed by atoms with Crippen molar-refractivity contribution in [2.24, 2.45) is 0 Å². The van der Waals surface area contributed by atoms with E-state index in [1.165, 1.54) is 0 Å². The molecule has 1 saturated heterocycles. The lowest BCUT2D eigenvalue weighted by Crippen LogP contribution is -2.51. The van der Waals surface area contributed by atoms with E-state index in [-0.39, 0.29) is 17.5 Å². The van der Waals surface area contributed by atoms with Crippen molar-refractivity contribution in [2.45, 2.75) is 44.2 Å². The van der Waals surface area contributed by atoms with E-state index in [4.69, 9.17) is 11.6 Å². The van der Waals surface area contributed by atoms with Gasteiger partial charge < -0.3 is 15.5 Å². The number of nitrogens with zero attached hydrogens (tertiary/aromatic N) is 2. The van der Waals surface area contributed by atoms with Crippen LogP contribution in [-0.2, 0) is 6.42 Å². The molecular formula is C21H23ClN4O3. The van der Waals surface area contributed by atoms with Gasteiger partial charge in [0.2, 0.25) is 0 Å². The second-order valence-electron chi connectivity index (χ2n) is 8.19. The van der Waals surface area contributed by atoms with Gasteiger partial charge in [-0.3, -0.25) is 14.5 Å². The zero-order valence-electron chi connectivity index (χ0n) is 16.0. The first-order valence-corrected chi connectivity index (χ1v) is 10.6. The maximum atomic E-state index is 12.8. The number of amides is 2. The van der Waals surface area contributed by atoms with E-state index < -0.39 is 5.43 Å². The van der Waals surface area contributed by atoms with Crippen molar-refractivity contribution in [3.63, 3.8) is 0 Å². The largest absolute Gasteiger partial charge is 0.377 e. The third-order valence-corrected chi connectivity index (χ3v) is 6.37. The van der Waals surface area contributed by atoms with Crippen LogP contribution >= 0.6 is 11.6 Å². The molecule has 0 aromatic heterocycles. The number of anilines is 3. The van der Waals surface area contributed by atoms with Crippen LogP contribution in [0.4, 0.5) is 21.9 Å². The molecule has 2 aromatic rings. The number of fused-ring (bicyclic) bond motifs is 1. The fraction of sp³-hybridized carbons (Fsp3) is 0.476. The molecule has 0 bridgehead atoms. The Labute approximate surface area is 173 Å². The molecule has 5 rings (SSSR count). The summed E-state index contributed by atoms with van der Waals surface area (Å²) in [5, 5.41) is 7.01. The molecule has 0 unspecified atom stereocenters. The highest BCUT2D eigenvalue weighted by atomic mass is 35.5. The predicted molar refractivity (Wildman–Crippen MR) is 114 cm³/mol. The predicted octanol–water partition coefficient (Wildman–Crippen LogP) is 2.25. The lowest BCUT2D eigenvalue weighted by atomic mass is 10.0. The van der Waals surface area contributed by atoms with Gasteiger partial charge in [-0.15, -0.1) is 0 Å². The number of benzene rings is 1. The molecule has 29 heavy (non-hydrogen) atoms. The number of carbonyl (C=O) groups excluding carboxylic acids is 1. The maximum absolute atomic E-state index is 12.8. The van der Waals surface area contributed by atoms with E-state index in [1.807, 2.05) is 23.1 Å². The summed E-state index contributed by atoms with van der Waals surface area (Å²) >= 11 is 6.05. The summed E-state index contributed by atoms with van der Waals surface area (Å²) in [5.41, 5.74) is 2.27. The standard InChI is InChI=1S/C21H23ClN4O3/c22-13-1-4-16-12(11-13)5-10-26(16)21(29)24-15-6-8-25(9-7-15)18-17(19(27)20(18)28)23-14-2-3-14/h1,4,11,14-15,23H,2-3,5-10H2,(H,24,29). The third kappa shape index (κ3) is 3.37. The van der Waals surface area contributed by atoms with E-state index >= 15 is 0 Å². The molecule has 1 aliphatic carbocycles. The number of halogens is 1. The van der Waals surface area contributed by atoms with Gasteiger partial charge in [0.25, 0.3) is 10.9 Å². The highest BCUT2D eigenvalue weighted by Gasteiger charge is 2.33. The maximum Gasteiger partial charge on any atom is 0.322 e. The smallest absolute Gasteiger partial charge is 0.322 e. The average Bonchev–Trinajstić information content (AvgIpc) is 3.45. The molecule has 2 aliphatic heterocycles. The summed E-state index contributed by atoms with van der Waals surface area (Å²) in [5.74, 6) is 0. The molecule has 152 valence electrons. The molecule has 8 heteroatoms. The Morgan fingerprint density at radius 2 is 1.76 bits per heavy atom. The van der Waals surface area contributed by atoms with Gasteiger partial charge in [-0.25, -0.2) is 4.79 Å². The van der Waals surface area contributed by atoms with E-state index in [1.54, 1.807) is 4.90 Å². The number of hydrogen-bond acceptors (Lipinski definition) is 5. The lowest BCUT2D eigenvalue weighted by Gasteiger charge is -2.35. The Kier molecular flexibility index (Phi) is 4.50. The molecule has 7 nitrogen and oxygen atoms in total. The molecule has 2 aromatic carbocycles. The fourth-order valence-corrected chi connectivity index (χ4v) is 4.52. The first-order valence-electron chi connectivity index (χ1n) is 10.2. The minimum absolute atomic E-state index is 0.0569. The van der Waals surface area contributed by atoms with Gasteiger partial charge in [-0.1, -0.05) is 11.6 Å². The first-order chi connectivity index (χ1) is 14.0. The molecule has 2 fully saturated rings. The summed E-state index contributed by atoms with van der Waals surface area (Å²) in [6, 6.07) is 5.93. The molecule has 2 amide bonds. The summed E-state index contributed by atoms with van der Waals surface area (Å²) in [7, 11) is 0. The molecule has 0 radical (unpaired) electrons. The first kappa shape index (κ1) is 18.5. The SMILES string of the molecule is O=C(NC1CCN(c2c(NC3CC3)c(=O)c2=O)CC1)N1CCc2cc(Cl)ccc21. The van der Waals surface area contributed by atoms with Crippen LogP contribution in [0.15, 0.2) is 27.8 Å². The molecule has 1 saturated carbocycles. The Bertz CT molecular complexity index is 1030. The van der Waals surface area contributed by atoms with Crippen LogP contribution in [0.2, 0.25) is 5.02 Å². The number of hydrogen-bond donors (Lipinski definition) is 2. The number of rotatable bonds is 4. The van der Waals surface area contributed by atoms with Crippen LogP contribution in [0, 0.1) is 0 Å². The van der Waals surface area contributed by atoms with E-state index in [0.717, 1.165) is 43.4 Å². The Morgan fingerprint density at radius 1 is 1.00 bits per heavy atom. The zero-order chi connectivity index (χ0) is 20.1. The minimum Gasteiger partial charge on any atom is -0.377 e. The minimum atomic E-state index is -0.393.